The van der Waals surface area contributed by atoms with Crippen molar-refractivity contribution in [2.75, 3.05) is 26.2 Å². The fraction of sp³-hybridized carbons (Fsp3) is 0.500. The zero-order valence-corrected chi connectivity index (χ0v) is 16.6. The Hall–Kier alpha value is -1.84. The zero-order valence-electron chi connectivity index (χ0n) is 14.4. The number of fused-ring (bicyclic) bond motifs is 3. The molecule has 3 aromatic heterocycles. The van der Waals surface area contributed by atoms with Gasteiger partial charge in [0.2, 0.25) is 0 Å². The van der Waals surface area contributed by atoms with Gasteiger partial charge in [0.25, 0.3) is 0 Å². The number of nitrogens with zero attached hydrogens (tertiary/aromatic N) is 5. The predicted octanol–water partition coefficient (Wildman–Crippen LogP) is 3.02. The number of rotatable bonds is 1. The SMILES string of the molecule is O=C(N1CCCC1)N1CC[C@@H](I)[C@@H](c2ncc3cnc4[nH]ccc4n23)C1. The van der Waals surface area contributed by atoms with Gasteiger partial charge in [0.1, 0.15) is 5.82 Å². The first-order valence-corrected chi connectivity index (χ1v) is 10.4. The molecule has 0 saturated carbocycles. The zero-order chi connectivity index (χ0) is 17.7. The fourth-order valence-corrected chi connectivity index (χ4v) is 5.04. The molecule has 2 amide bonds. The van der Waals surface area contributed by atoms with Crippen LogP contribution in [0.2, 0.25) is 0 Å². The Morgan fingerprint density at radius 2 is 1.96 bits per heavy atom. The van der Waals surface area contributed by atoms with Crippen molar-refractivity contribution in [3.8, 4) is 0 Å². The lowest BCUT2D eigenvalue weighted by Gasteiger charge is -2.37. The molecule has 0 radical (unpaired) electrons. The molecular formula is C18H21IN6O. The minimum absolute atomic E-state index is 0.199. The second kappa shape index (κ2) is 6.40. The summed E-state index contributed by atoms with van der Waals surface area (Å²) in [4.78, 5) is 29.3. The van der Waals surface area contributed by atoms with E-state index in [9.17, 15) is 4.79 Å². The summed E-state index contributed by atoms with van der Waals surface area (Å²) < 4.78 is 2.65. The van der Waals surface area contributed by atoms with Gasteiger partial charge in [-0.2, -0.15) is 0 Å². The van der Waals surface area contributed by atoms with E-state index < -0.39 is 0 Å². The van der Waals surface area contributed by atoms with E-state index in [0.29, 0.717) is 3.92 Å². The molecule has 7 nitrogen and oxygen atoms in total. The lowest BCUT2D eigenvalue weighted by atomic mass is 9.97. The number of halogens is 1. The highest BCUT2D eigenvalue weighted by Crippen LogP contribution is 2.34. The standard InChI is InChI=1S/C18H21IN6O/c19-14-4-8-24(18(26)23-6-1-2-7-23)11-13(14)17-22-10-12-9-21-16-15(25(12)17)3-5-20-16/h3,5,9-10,13-14,20H,1-2,4,6-8,11H2/t13-,14+/m0/s1. The quantitative estimate of drug-likeness (QED) is 0.445. The maximum atomic E-state index is 12.9. The van der Waals surface area contributed by atoms with E-state index in [1.54, 1.807) is 0 Å². The van der Waals surface area contributed by atoms with E-state index in [2.05, 4.69) is 37.0 Å². The van der Waals surface area contributed by atoms with Crippen molar-refractivity contribution in [3.63, 3.8) is 0 Å². The van der Waals surface area contributed by atoms with Crippen LogP contribution in [-0.4, -0.2) is 65.3 Å². The Kier molecular flexibility index (Phi) is 4.02. The number of nitrogens with one attached hydrogen (secondary N) is 1. The van der Waals surface area contributed by atoms with Gasteiger partial charge in [0.15, 0.2) is 5.65 Å². The first-order chi connectivity index (χ1) is 12.7. The van der Waals surface area contributed by atoms with Crippen LogP contribution in [0.5, 0.6) is 0 Å². The van der Waals surface area contributed by atoms with Crippen LogP contribution < -0.4 is 0 Å². The van der Waals surface area contributed by atoms with Gasteiger partial charge in [0, 0.05) is 42.2 Å². The van der Waals surface area contributed by atoms with Crippen LogP contribution in [-0.2, 0) is 0 Å². The Morgan fingerprint density at radius 1 is 1.15 bits per heavy atom. The van der Waals surface area contributed by atoms with E-state index in [1.807, 2.05) is 34.5 Å². The number of carbonyl (C=O) groups is 1. The van der Waals surface area contributed by atoms with Crippen molar-refractivity contribution < 1.29 is 4.79 Å². The molecule has 2 aliphatic heterocycles. The molecule has 5 heterocycles. The highest BCUT2D eigenvalue weighted by molar-refractivity contribution is 14.1. The van der Waals surface area contributed by atoms with Crippen molar-refractivity contribution in [1.29, 1.82) is 0 Å². The van der Waals surface area contributed by atoms with Crippen molar-refractivity contribution >= 4 is 45.3 Å². The smallest absolute Gasteiger partial charge is 0.320 e. The number of urea groups is 1. The van der Waals surface area contributed by atoms with Gasteiger partial charge in [-0.3, -0.25) is 4.40 Å². The number of carbonyl (C=O) groups excluding carboxylic acids is 1. The number of aromatic amines is 1. The number of H-pyrrole nitrogens is 1. The molecule has 5 rings (SSSR count). The molecule has 8 heteroatoms. The molecule has 2 atom stereocenters. The van der Waals surface area contributed by atoms with Gasteiger partial charge < -0.3 is 14.8 Å². The topological polar surface area (TPSA) is 69.5 Å². The Labute approximate surface area is 164 Å². The van der Waals surface area contributed by atoms with E-state index in [1.165, 1.54) is 0 Å². The monoisotopic (exact) mass is 464 g/mol. The van der Waals surface area contributed by atoms with E-state index in [4.69, 9.17) is 4.98 Å². The molecule has 2 saturated heterocycles. The van der Waals surface area contributed by atoms with E-state index in [-0.39, 0.29) is 11.9 Å². The Morgan fingerprint density at radius 3 is 2.81 bits per heavy atom. The molecule has 1 N–H and O–H groups in total. The summed E-state index contributed by atoms with van der Waals surface area (Å²) in [6.07, 6.45) is 8.91. The van der Waals surface area contributed by atoms with Gasteiger partial charge in [-0.1, -0.05) is 22.6 Å². The van der Waals surface area contributed by atoms with Crippen LogP contribution in [0.25, 0.3) is 16.7 Å². The molecule has 0 bridgehead atoms. The first-order valence-electron chi connectivity index (χ1n) is 9.20. The highest BCUT2D eigenvalue weighted by atomic mass is 127. The molecule has 136 valence electrons. The van der Waals surface area contributed by atoms with Crippen molar-refractivity contribution in [2.45, 2.75) is 29.1 Å². The van der Waals surface area contributed by atoms with Crippen LogP contribution in [0.3, 0.4) is 0 Å². The van der Waals surface area contributed by atoms with Crippen molar-refractivity contribution in [1.82, 2.24) is 29.2 Å². The number of imidazole rings is 1. The molecule has 2 aliphatic rings. The number of likely N-dealkylation sites (tertiary alicyclic amines) is 2. The summed E-state index contributed by atoms with van der Waals surface area (Å²) in [6, 6.07) is 2.24. The second-order valence-corrected chi connectivity index (χ2v) is 8.78. The van der Waals surface area contributed by atoms with Gasteiger partial charge >= 0.3 is 6.03 Å². The Bertz CT molecular complexity index is 959. The van der Waals surface area contributed by atoms with Crippen molar-refractivity contribution in [3.05, 3.63) is 30.5 Å². The number of alkyl halides is 1. The third-order valence-electron chi connectivity index (χ3n) is 5.59. The number of hydrogen-bond acceptors (Lipinski definition) is 3. The van der Waals surface area contributed by atoms with Crippen LogP contribution >= 0.6 is 22.6 Å². The lowest BCUT2D eigenvalue weighted by Crippen LogP contribution is -2.48. The predicted molar refractivity (Wildman–Crippen MR) is 108 cm³/mol. The number of piperidine rings is 1. The lowest BCUT2D eigenvalue weighted by molar-refractivity contribution is 0.148. The van der Waals surface area contributed by atoms with Crippen LogP contribution in [0.15, 0.2) is 24.7 Å². The fourth-order valence-electron chi connectivity index (χ4n) is 4.21. The number of aromatic nitrogens is 4. The van der Waals surface area contributed by atoms with Crippen LogP contribution in [0, 0.1) is 0 Å². The summed E-state index contributed by atoms with van der Waals surface area (Å²) in [6.45, 7) is 3.37. The third kappa shape index (κ3) is 2.57. The summed E-state index contributed by atoms with van der Waals surface area (Å²) in [7, 11) is 0. The molecule has 0 aliphatic carbocycles. The largest absolute Gasteiger partial charge is 0.345 e. The normalized spacial score (nSPS) is 24.0. The molecule has 0 aromatic carbocycles. The third-order valence-corrected chi connectivity index (χ3v) is 7.09. The van der Waals surface area contributed by atoms with E-state index >= 15 is 0 Å². The molecule has 0 spiro atoms. The highest BCUT2D eigenvalue weighted by Gasteiger charge is 2.35. The molecule has 3 aromatic rings. The molecular weight excluding hydrogens is 443 g/mol. The maximum absolute atomic E-state index is 12.9. The second-order valence-electron chi connectivity index (χ2n) is 7.18. The summed E-state index contributed by atoms with van der Waals surface area (Å²) in [5, 5.41) is 0. The Balaban J connectivity index is 1.51. The van der Waals surface area contributed by atoms with Gasteiger partial charge in [-0.15, -0.1) is 0 Å². The number of amides is 2. The van der Waals surface area contributed by atoms with Crippen molar-refractivity contribution in [2.24, 2.45) is 0 Å². The van der Waals surface area contributed by atoms with Gasteiger partial charge in [-0.05, 0) is 25.3 Å². The first kappa shape index (κ1) is 16.3. The average Bonchev–Trinajstić information content (AvgIpc) is 3.40. The minimum Gasteiger partial charge on any atom is -0.345 e. The molecule has 26 heavy (non-hydrogen) atoms. The van der Waals surface area contributed by atoms with Gasteiger partial charge in [0.05, 0.1) is 23.4 Å². The molecule has 0 unspecified atom stereocenters. The molecule has 2 fully saturated rings. The van der Waals surface area contributed by atoms with Crippen LogP contribution in [0.4, 0.5) is 4.79 Å². The number of hydrogen-bond donors (Lipinski definition) is 1. The van der Waals surface area contributed by atoms with Gasteiger partial charge in [-0.25, -0.2) is 14.8 Å². The van der Waals surface area contributed by atoms with Crippen LogP contribution in [0.1, 0.15) is 31.0 Å². The summed E-state index contributed by atoms with van der Waals surface area (Å²) >= 11 is 2.53. The van der Waals surface area contributed by atoms with E-state index in [0.717, 1.165) is 67.9 Å². The summed E-state index contributed by atoms with van der Waals surface area (Å²) in [5.74, 6) is 1.25. The minimum atomic E-state index is 0.199. The summed E-state index contributed by atoms with van der Waals surface area (Å²) in [5.41, 5.74) is 2.91. The maximum Gasteiger partial charge on any atom is 0.320 e. The average molecular weight is 464 g/mol.